The fraction of sp³-hybridized carbons (Fsp3) is 0.500. The number of aliphatic carboxylic acids is 2. The minimum atomic E-state index is -1.82. The van der Waals surface area contributed by atoms with E-state index in [0.29, 0.717) is 64.6 Å². The summed E-state index contributed by atoms with van der Waals surface area (Å²) in [5.74, 6) is -1.93. The number of nitrogens with zero attached hydrogens (tertiary/aromatic N) is 6. The number of anilines is 2. The number of ether oxygens (including phenoxy) is 2. The predicted molar refractivity (Wildman–Crippen MR) is 203 cm³/mol. The third-order valence-corrected chi connectivity index (χ3v) is 8.91. The molecule has 2 fully saturated rings. The molecule has 0 unspecified atom stereocenters. The molecule has 18 heteroatoms. The quantitative estimate of drug-likeness (QED) is 0.127. The van der Waals surface area contributed by atoms with Crippen LogP contribution in [0, 0.1) is 0 Å². The first-order valence-corrected chi connectivity index (χ1v) is 18.2. The number of likely N-dealkylation sites (tertiary alicyclic amines) is 2. The number of benzene rings is 2. The van der Waals surface area contributed by atoms with Gasteiger partial charge in [0.25, 0.3) is 0 Å². The van der Waals surface area contributed by atoms with E-state index in [4.69, 9.17) is 50.7 Å². The molecule has 0 saturated carbocycles. The van der Waals surface area contributed by atoms with Crippen molar-refractivity contribution in [3.63, 3.8) is 0 Å². The van der Waals surface area contributed by atoms with Gasteiger partial charge >= 0.3 is 24.1 Å². The third kappa shape index (κ3) is 11.2. The first kappa shape index (κ1) is 41.1. The van der Waals surface area contributed by atoms with Crippen molar-refractivity contribution in [1.82, 2.24) is 28.9 Å². The Bertz CT molecular complexity index is 1700. The molecule has 4 heterocycles. The molecular formula is C36H52N10O8. The average Bonchev–Trinajstić information content (AvgIpc) is 3.70. The second kappa shape index (κ2) is 20.6. The topological polar surface area (TPSA) is 245 Å². The van der Waals surface area contributed by atoms with Crippen LogP contribution in [0.1, 0.15) is 39.5 Å². The van der Waals surface area contributed by atoms with E-state index in [-0.39, 0.29) is 12.2 Å². The molecule has 8 N–H and O–H groups in total. The Hall–Kier alpha value is -5.62. The van der Waals surface area contributed by atoms with E-state index in [1.807, 2.05) is 50.2 Å². The maximum absolute atomic E-state index is 11.8. The molecular weight excluding hydrogens is 700 g/mol. The molecule has 2 aliphatic heterocycles. The number of imidazole rings is 2. The number of carboxylic acids is 2. The molecule has 2 amide bonds. The lowest BCUT2D eigenvalue weighted by atomic mass is 10.1. The number of rotatable bonds is 10. The smallest absolute Gasteiger partial charge is 0.414 e. The van der Waals surface area contributed by atoms with Gasteiger partial charge in [-0.15, -0.1) is 0 Å². The van der Waals surface area contributed by atoms with Crippen LogP contribution in [0.25, 0.3) is 22.1 Å². The van der Waals surface area contributed by atoms with Crippen molar-refractivity contribution in [2.75, 3.05) is 63.1 Å². The Morgan fingerprint density at radius 3 is 1.33 bits per heavy atom. The minimum absolute atomic E-state index is 0.216. The third-order valence-electron chi connectivity index (χ3n) is 8.91. The number of carbonyl (C=O) groups is 4. The number of para-hydroxylation sites is 4. The molecule has 54 heavy (non-hydrogen) atoms. The summed E-state index contributed by atoms with van der Waals surface area (Å²) in [6, 6.07) is 16.7. The fourth-order valence-electron chi connectivity index (χ4n) is 6.29. The van der Waals surface area contributed by atoms with E-state index in [1.165, 1.54) is 0 Å². The summed E-state index contributed by atoms with van der Waals surface area (Å²) >= 11 is 0. The maximum atomic E-state index is 11.8. The van der Waals surface area contributed by atoms with Gasteiger partial charge in [0.05, 0.1) is 35.3 Å². The van der Waals surface area contributed by atoms with Gasteiger partial charge in [0.1, 0.15) is 0 Å². The molecule has 2 aromatic heterocycles. The van der Waals surface area contributed by atoms with Crippen molar-refractivity contribution < 1.29 is 38.9 Å². The van der Waals surface area contributed by atoms with Crippen molar-refractivity contribution in [1.29, 1.82) is 0 Å². The van der Waals surface area contributed by atoms with E-state index in [1.54, 1.807) is 9.80 Å². The molecule has 0 atom stereocenters. The highest BCUT2D eigenvalue weighted by Gasteiger charge is 2.26. The molecule has 2 aromatic carbocycles. The number of nitrogens with one attached hydrogen (secondary N) is 2. The van der Waals surface area contributed by atoms with Gasteiger partial charge in [-0.25, -0.2) is 29.1 Å². The lowest BCUT2D eigenvalue weighted by Gasteiger charge is -2.31. The summed E-state index contributed by atoms with van der Waals surface area (Å²) in [5, 5.41) is 21.8. The number of fused-ring (bicyclic) bond motifs is 2. The molecule has 2 saturated heterocycles. The Labute approximate surface area is 313 Å². The number of piperidine rings is 2. The van der Waals surface area contributed by atoms with Crippen LogP contribution in [0.15, 0.2) is 48.5 Å². The van der Waals surface area contributed by atoms with E-state index in [0.717, 1.165) is 72.7 Å². The summed E-state index contributed by atoms with van der Waals surface area (Å²) in [5.41, 5.74) is 15.6. The first-order chi connectivity index (χ1) is 26.1. The van der Waals surface area contributed by atoms with Gasteiger partial charge in [-0.1, -0.05) is 24.3 Å². The van der Waals surface area contributed by atoms with Crippen LogP contribution >= 0.6 is 0 Å². The van der Waals surface area contributed by atoms with Gasteiger partial charge in [0.15, 0.2) is 0 Å². The monoisotopic (exact) mass is 752 g/mol. The molecule has 6 rings (SSSR count). The summed E-state index contributed by atoms with van der Waals surface area (Å²) < 4.78 is 14.4. The van der Waals surface area contributed by atoms with Crippen LogP contribution in [0.2, 0.25) is 0 Å². The van der Waals surface area contributed by atoms with Crippen molar-refractivity contribution in [2.45, 2.75) is 64.7 Å². The zero-order valence-corrected chi connectivity index (χ0v) is 30.9. The first-order valence-electron chi connectivity index (χ1n) is 18.2. The highest BCUT2D eigenvalue weighted by molar-refractivity contribution is 6.27. The predicted octanol–water partition coefficient (Wildman–Crippen LogP) is 3.21. The van der Waals surface area contributed by atoms with Crippen molar-refractivity contribution >= 4 is 58.1 Å². The van der Waals surface area contributed by atoms with Gasteiger partial charge in [-0.3, -0.25) is 0 Å². The second-order valence-electron chi connectivity index (χ2n) is 12.5. The van der Waals surface area contributed by atoms with E-state index < -0.39 is 11.9 Å². The van der Waals surface area contributed by atoms with Crippen LogP contribution in [0.3, 0.4) is 0 Å². The van der Waals surface area contributed by atoms with Gasteiger partial charge in [-0.2, -0.15) is 0 Å². The molecule has 0 bridgehead atoms. The van der Waals surface area contributed by atoms with Crippen LogP contribution in [-0.2, 0) is 32.2 Å². The fourth-order valence-corrected chi connectivity index (χ4v) is 6.29. The van der Waals surface area contributed by atoms with Crippen molar-refractivity contribution in [2.24, 2.45) is 11.5 Å². The van der Waals surface area contributed by atoms with Gasteiger partial charge in [0.2, 0.25) is 11.9 Å². The highest BCUT2D eigenvalue weighted by Crippen LogP contribution is 2.24. The number of aromatic nitrogens is 4. The number of hydrogen-bond acceptors (Lipinski definition) is 12. The molecule has 18 nitrogen and oxygen atoms in total. The SMILES string of the molecule is CCOC(=O)N1CCC(Nc2nc3ccccc3n2CCN)CC1.CCOC(=O)N1CCC(Nc2nc3ccccc3n2CCN)CC1.O=C(O)C(=O)O. The number of nitrogens with two attached hydrogens (primary N) is 2. The molecule has 0 spiro atoms. The van der Waals surface area contributed by atoms with Gasteiger partial charge < -0.3 is 60.7 Å². The summed E-state index contributed by atoms with van der Waals surface area (Å²) in [6.45, 7) is 9.88. The summed E-state index contributed by atoms with van der Waals surface area (Å²) in [4.78, 5) is 54.7. The van der Waals surface area contributed by atoms with Gasteiger partial charge in [-0.05, 0) is 63.8 Å². The summed E-state index contributed by atoms with van der Waals surface area (Å²) in [7, 11) is 0. The van der Waals surface area contributed by atoms with Crippen LogP contribution in [0.4, 0.5) is 21.5 Å². The minimum Gasteiger partial charge on any atom is -0.473 e. The van der Waals surface area contributed by atoms with Gasteiger partial charge in [0, 0.05) is 64.4 Å². The lowest BCUT2D eigenvalue weighted by molar-refractivity contribution is -0.159. The van der Waals surface area contributed by atoms with E-state index in [2.05, 4.69) is 31.9 Å². The normalized spacial score (nSPS) is 14.7. The highest BCUT2D eigenvalue weighted by atomic mass is 16.6. The zero-order chi connectivity index (χ0) is 39.0. The van der Waals surface area contributed by atoms with E-state index >= 15 is 0 Å². The average molecular weight is 753 g/mol. The van der Waals surface area contributed by atoms with Crippen molar-refractivity contribution in [3.05, 3.63) is 48.5 Å². The Morgan fingerprint density at radius 1 is 0.667 bits per heavy atom. The molecule has 294 valence electrons. The van der Waals surface area contributed by atoms with Crippen LogP contribution in [-0.4, -0.2) is 128 Å². The molecule has 0 radical (unpaired) electrons. The molecule has 4 aromatic rings. The standard InChI is InChI=1S/2C17H25N5O2.C2H2O4/c2*1-2-24-17(23)21-10-7-13(8-11-21)19-16-20-14-5-3-4-6-15(14)22(16)12-9-18;3-1(4)2(5)6/h2*3-6,13H,2,7-12,18H2,1H3,(H,19,20);(H,3,4)(H,5,6). The number of amides is 2. The molecule has 0 aliphatic carbocycles. The molecule has 2 aliphatic rings. The second-order valence-corrected chi connectivity index (χ2v) is 12.5. The number of carboxylic acid groups (broad SMARTS) is 2. The maximum Gasteiger partial charge on any atom is 0.414 e. The Balaban J connectivity index is 0.000000209. The van der Waals surface area contributed by atoms with Crippen LogP contribution < -0.4 is 22.1 Å². The largest absolute Gasteiger partial charge is 0.473 e. The Morgan fingerprint density at radius 2 is 1.02 bits per heavy atom. The number of hydrogen-bond donors (Lipinski definition) is 6. The lowest BCUT2D eigenvalue weighted by Crippen LogP contribution is -2.43. The Kier molecular flexibility index (Phi) is 15.7. The number of carbonyl (C=O) groups excluding carboxylic acids is 2. The summed E-state index contributed by atoms with van der Waals surface area (Å²) in [6.07, 6.45) is 3.09. The zero-order valence-electron chi connectivity index (χ0n) is 30.9. The van der Waals surface area contributed by atoms with E-state index in [9.17, 15) is 9.59 Å². The van der Waals surface area contributed by atoms with Crippen LogP contribution in [0.5, 0.6) is 0 Å². The van der Waals surface area contributed by atoms with Crippen molar-refractivity contribution in [3.8, 4) is 0 Å².